The summed E-state index contributed by atoms with van der Waals surface area (Å²) in [7, 11) is 1.50. The molecule has 0 spiro atoms. The molecule has 1 saturated heterocycles. The van der Waals surface area contributed by atoms with Gasteiger partial charge in [-0.3, -0.25) is 4.79 Å². The highest BCUT2D eigenvalue weighted by molar-refractivity contribution is 9.10. The fraction of sp³-hybridized carbons (Fsp3) is 0.583. The van der Waals surface area contributed by atoms with Crippen molar-refractivity contribution in [2.75, 3.05) is 20.2 Å². The first-order valence-corrected chi connectivity index (χ1v) is 7.25. The summed E-state index contributed by atoms with van der Waals surface area (Å²) in [5.74, 6) is -0.116. The number of amides is 2. The molecule has 0 aliphatic carbocycles. The molecule has 2 rings (SSSR count). The van der Waals surface area contributed by atoms with Crippen molar-refractivity contribution in [2.45, 2.75) is 25.5 Å². The molecule has 1 aliphatic rings. The molecule has 0 aromatic carbocycles. The van der Waals surface area contributed by atoms with Crippen molar-refractivity contribution in [1.82, 2.24) is 20.2 Å². The Bertz CT molecular complexity index is 528. The number of aromatic amines is 1. The first-order chi connectivity index (χ1) is 9.92. The molecule has 2 atom stereocenters. The number of carbonyl (C=O) groups excluding carboxylic acids is 1. The minimum absolute atomic E-state index is 0.217. The van der Waals surface area contributed by atoms with Crippen LogP contribution in [-0.2, 0) is 4.74 Å². The van der Waals surface area contributed by atoms with Crippen LogP contribution < -0.4 is 5.32 Å². The molecular weight excluding hydrogens is 344 g/mol. The molecule has 1 aromatic rings. The Kier molecular flexibility index (Phi) is 4.84. The van der Waals surface area contributed by atoms with Crippen molar-refractivity contribution in [1.29, 1.82) is 0 Å². The third kappa shape index (κ3) is 3.53. The highest BCUT2D eigenvalue weighted by Crippen LogP contribution is 2.16. The molecule has 1 aliphatic heterocycles. The molecule has 0 radical (unpaired) electrons. The summed E-state index contributed by atoms with van der Waals surface area (Å²) >= 11 is 3.24. The second-order valence-corrected chi connectivity index (χ2v) is 5.62. The van der Waals surface area contributed by atoms with E-state index in [1.54, 1.807) is 6.92 Å². The van der Waals surface area contributed by atoms with Crippen LogP contribution in [0.2, 0.25) is 0 Å². The number of hydrogen-bond acceptors (Lipinski definition) is 4. The van der Waals surface area contributed by atoms with Gasteiger partial charge in [-0.2, -0.15) is 0 Å². The lowest BCUT2D eigenvalue weighted by molar-refractivity contribution is 0.0100. The Morgan fingerprint density at radius 2 is 2.29 bits per heavy atom. The number of halogens is 1. The predicted octanol–water partition coefficient (Wildman–Crippen LogP) is 0.978. The van der Waals surface area contributed by atoms with Gasteiger partial charge >= 0.3 is 6.09 Å². The molecule has 3 N–H and O–H groups in total. The number of piperidine rings is 1. The summed E-state index contributed by atoms with van der Waals surface area (Å²) in [6.07, 6.45) is -0.858. The topological polar surface area (TPSA) is 108 Å². The van der Waals surface area contributed by atoms with Crippen molar-refractivity contribution in [2.24, 2.45) is 0 Å². The van der Waals surface area contributed by atoms with Gasteiger partial charge in [0.05, 0.1) is 18.7 Å². The molecule has 2 amide bonds. The third-order valence-electron chi connectivity index (χ3n) is 3.49. The number of ether oxygens (including phenoxy) is 1. The molecule has 116 valence electrons. The van der Waals surface area contributed by atoms with Crippen LogP contribution >= 0.6 is 15.9 Å². The number of aryl methyl sites for hydroxylation is 1. The van der Waals surface area contributed by atoms with E-state index in [4.69, 9.17) is 9.84 Å². The van der Waals surface area contributed by atoms with Gasteiger partial charge in [0.25, 0.3) is 5.91 Å². The normalized spacial score (nSPS) is 22.1. The largest absolute Gasteiger partial charge is 0.465 e. The van der Waals surface area contributed by atoms with E-state index in [-0.39, 0.29) is 30.4 Å². The fourth-order valence-electron chi connectivity index (χ4n) is 2.28. The van der Waals surface area contributed by atoms with Crippen LogP contribution in [0.4, 0.5) is 4.79 Å². The summed E-state index contributed by atoms with van der Waals surface area (Å²) in [6.45, 7) is 2.40. The van der Waals surface area contributed by atoms with Crippen molar-refractivity contribution in [3.63, 3.8) is 0 Å². The molecule has 0 unspecified atom stereocenters. The predicted molar refractivity (Wildman–Crippen MR) is 77.3 cm³/mol. The van der Waals surface area contributed by atoms with Crippen molar-refractivity contribution in [3.8, 4) is 0 Å². The maximum absolute atomic E-state index is 12.1. The van der Waals surface area contributed by atoms with Gasteiger partial charge in [0.15, 0.2) is 5.82 Å². The second-order valence-electron chi connectivity index (χ2n) is 4.87. The number of H-pyrrole nitrogens is 1. The minimum Gasteiger partial charge on any atom is -0.465 e. The van der Waals surface area contributed by atoms with Crippen LogP contribution in [0, 0.1) is 6.92 Å². The molecular formula is C12H17BrN4O4. The average molecular weight is 361 g/mol. The number of hydrogen-bond donors (Lipinski definition) is 3. The lowest BCUT2D eigenvalue weighted by Crippen LogP contribution is -2.55. The highest BCUT2D eigenvalue weighted by atomic mass is 79.9. The quantitative estimate of drug-likeness (QED) is 0.744. The number of nitrogens with zero attached hydrogens (tertiary/aromatic N) is 2. The lowest BCUT2D eigenvalue weighted by Gasteiger charge is -2.36. The van der Waals surface area contributed by atoms with E-state index in [0.717, 1.165) is 5.69 Å². The van der Waals surface area contributed by atoms with Crippen molar-refractivity contribution < 1.29 is 19.4 Å². The average Bonchev–Trinajstić information content (AvgIpc) is 2.79. The van der Waals surface area contributed by atoms with Gasteiger partial charge in [-0.05, 0) is 29.3 Å². The Labute approximate surface area is 130 Å². The van der Waals surface area contributed by atoms with Crippen LogP contribution in [0.25, 0.3) is 0 Å². The van der Waals surface area contributed by atoms with Gasteiger partial charge in [0.2, 0.25) is 0 Å². The molecule has 0 bridgehead atoms. The molecule has 1 aromatic heterocycles. The third-order valence-corrected chi connectivity index (χ3v) is 4.26. The highest BCUT2D eigenvalue weighted by Gasteiger charge is 2.33. The van der Waals surface area contributed by atoms with Crippen LogP contribution in [0.5, 0.6) is 0 Å². The molecule has 1 fully saturated rings. The summed E-state index contributed by atoms with van der Waals surface area (Å²) in [5, 5.41) is 11.8. The van der Waals surface area contributed by atoms with Crippen molar-refractivity contribution in [3.05, 3.63) is 16.1 Å². The zero-order chi connectivity index (χ0) is 15.6. The number of aromatic nitrogens is 2. The number of likely N-dealkylation sites (tertiary alicyclic amines) is 1. The van der Waals surface area contributed by atoms with Gasteiger partial charge in [0, 0.05) is 19.3 Å². The molecule has 9 heteroatoms. The molecule has 2 heterocycles. The van der Waals surface area contributed by atoms with E-state index in [1.165, 1.54) is 12.0 Å². The Morgan fingerprint density at radius 1 is 1.57 bits per heavy atom. The number of carbonyl (C=O) groups is 2. The van der Waals surface area contributed by atoms with Gasteiger partial charge in [-0.15, -0.1) is 0 Å². The van der Waals surface area contributed by atoms with Crippen molar-refractivity contribution >= 4 is 27.9 Å². The van der Waals surface area contributed by atoms with Gasteiger partial charge in [-0.25, -0.2) is 9.78 Å². The standard InChI is InChI=1S/C12H17BrN4O4/c1-6-9(13)16-10(14-6)11(18)15-7-3-4-17(12(19)20)5-8(7)21-2/h7-8H,3-5H2,1-2H3,(H,14,16)(H,15,18)(H,19,20)/t7-,8+/m1/s1. The number of methoxy groups -OCH3 is 1. The summed E-state index contributed by atoms with van der Waals surface area (Å²) < 4.78 is 5.88. The number of rotatable bonds is 3. The maximum atomic E-state index is 12.1. The summed E-state index contributed by atoms with van der Waals surface area (Å²) in [4.78, 5) is 31.3. The van der Waals surface area contributed by atoms with Gasteiger partial charge in [-0.1, -0.05) is 0 Å². The number of imidazole rings is 1. The van der Waals surface area contributed by atoms with Crippen LogP contribution in [0.3, 0.4) is 0 Å². The maximum Gasteiger partial charge on any atom is 0.407 e. The van der Waals surface area contributed by atoms with E-state index in [9.17, 15) is 9.59 Å². The monoisotopic (exact) mass is 360 g/mol. The molecule has 8 nitrogen and oxygen atoms in total. The lowest BCUT2D eigenvalue weighted by atomic mass is 10.0. The number of nitrogens with one attached hydrogen (secondary N) is 2. The van der Waals surface area contributed by atoms with Crippen LogP contribution in [0.15, 0.2) is 4.60 Å². The fourth-order valence-corrected chi connectivity index (χ4v) is 2.55. The van der Waals surface area contributed by atoms with E-state index in [2.05, 4.69) is 31.2 Å². The first-order valence-electron chi connectivity index (χ1n) is 6.46. The molecule has 0 saturated carbocycles. The zero-order valence-electron chi connectivity index (χ0n) is 11.7. The Hall–Kier alpha value is -1.61. The Morgan fingerprint density at radius 3 is 2.81 bits per heavy atom. The summed E-state index contributed by atoms with van der Waals surface area (Å²) in [6, 6.07) is -0.248. The SMILES string of the molecule is CO[C@H]1CN(C(=O)O)CC[C@H]1NC(=O)c1nc(Br)c(C)[nH]1. The van der Waals surface area contributed by atoms with E-state index >= 15 is 0 Å². The molecule has 21 heavy (non-hydrogen) atoms. The van der Waals surface area contributed by atoms with Crippen LogP contribution in [-0.4, -0.2) is 64.3 Å². The van der Waals surface area contributed by atoms with E-state index in [0.29, 0.717) is 17.6 Å². The van der Waals surface area contributed by atoms with Gasteiger partial charge < -0.3 is 25.0 Å². The summed E-state index contributed by atoms with van der Waals surface area (Å²) in [5.41, 5.74) is 0.768. The second kappa shape index (κ2) is 6.44. The number of carboxylic acid groups (broad SMARTS) is 1. The van der Waals surface area contributed by atoms with Crippen LogP contribution in [0.1, 0.15) is 22.7 Å². The Balaban J connectivity index is 2.01. The van der Waals surface area contributed by atoms with E-state index in [1.807, 2.05) is 0 Å². The smallest absolute Gasteiger partial charge is 0.407 e. The first kappa shape index (κ1) is 15.8. The minimum atomic E-state index is -0.979. The van der Waals surface area contributed by atoms with E-state index < -0.39 is 6.09 Å². The zero-order valence-corrected chi connectivity index (χ0v) is 13.3. The van der Waals surface area contributed by atoms with Gasteiger partial charge in [0.1, 0.15) is 4.60 Å².